The zero-order chi connectivity index (χ0) is 17.6. The first kappa shape index (κ1) is 18.3. The average Bonchev–Trinajstić information content (AvgIpc) is 2.66. The second-order valence-electron chi connectivity index (χ2n) is 5.87. The minimum absolute atomic E-state index is 0.310. The van der Waals surface area contributed by atoms with E-state index in [1.165, 1.54) is 0 Å². The number of hydrogen-bond donors (Lipinski definition) is 1. The van der Waals surface area contributed by atoms with Crippen molar-refractivity contribution in [2.75, 3.05) is 46.0 Å². The third-order valence-electron chi connectivity index (χ3n) is 4.34. The molecule has 0 radical (unpaired) electrons. The van der Waals surface area contributed by atoms with Crippen LogP contribution in [0.3, 0.4) is 0 Å². The Bertz CT molecular complexity index is 651. The lowest BCUT2D eigenvalue weighted by Crippen LogP contribution is -2.51. The molecule has 1 fully saturated rings. The van der Waals surface area contributed by atoms with Crippen LogP contribution in [-0.2, 0) is 5.88 Å². The van der Waals surface area contributed by atoms with Crippen molar-refractivity contribution in [3.8, 4) is 5.75 Å². The maximum atomic E-state index is 12.4. The molecule has 0 amide bonds. The number of aromatic nitrogens is 1. The zero-order valence-electron chi connectivity index (χ0n) is 13.9. The minimum atomic E-state index is -0.310. The van der Waals surface area contributed by atoms with Gasteiger partial charge in [-0.15, -0.1) is 11.6 Å². The monoisotopic (exact) mass is 385 g/mol. The van der Waals surface area contributed by atoms with Crippen LogP contribution in [0.2, 0.25) is 0 Å². The molecular weight excluding hydrogens is 365 g/mol. The first-order valence-corrected chi connectivity index (χ1v) is 9.24. The molecule has 25 heavy (non-hydrogen) atoms. The Morgan fingerprint density at radius 1 is 1.40 bits per heavy atom. The van der Waals surface area contributed by atoms with Crippen molar-refractivity contribution >= 4 is 34.6 Å². The minimum Gasteiger partial charge on any atom is -0.491 e. The highest BCUT2D eigenvalue weighted by molar-refractivity contribution is 7.80. The molecule has 0 bridgehead atoms. The number of pyridine rings is 1. The molecule has 0 atom stereocenters. The molecular formula is C16H21ClFN5OS. The van der Waals surface area contributed by atoms with E-state index < -0.39 is 0 Å². The Kier molecular flexibility index (Phi) is 6.39. The molecule has 2 aliphatic heterocycles. The van der Waals surface area contributed by atoms with Crippen molar-refractivity contribution < 1.29 is 9.13 Å². The van der Waals surface area contributed by atoms with Gasteiger partial charge in [-0.3, -0.25) is 15.3 Å². The molecule has 1 N–H and O–H groups in total. The van der Waals surface area contributed by atoms with Gasteiger partial charge in [0.1, 0.15) is 12.4 Å². The second kappa shape index (κ2) is 8.73. The van der Waals surface area contributed by atoms with Crippen LogP contribution >= 0.6 is 23.8 Å². The molecule has 1 aromatic rings. The number of rotatable bonds is 4. The number of nitrogens with zero attached hydrogens (tertiary/aromatic N) is 4. The van der Waals surface area contributed by atoms with Crippen molar-refractivity contribution in [3.63, 3.8) is 0 Å². The van der Waals surface area contributed by atoms with Gasteiger partial charge in [0.15, 0.2) is 10.9 Å². The molecule has 0 spiro atoms. The van der Waals surface area contributed by atoms with Crippen LogP contribution in [0.4, 0.5) is 4.39 Å². The predicted octanol–water partition coefficient (Wildman–Crippen LogP) is 1.77. The smallest absolute Gasteiger partial charge is 0.189 e. The molecule has 3 rings (SSSR count). The SMILES string of the molecule is FCCN1CCN(C(=S)N/N=C2/CCOc3c(CCl)ccnc32)CC1. The molecule has 136 valence electrons. The van der Waals surface area contributed by atoms with Crippen LogP contribution in [0.5, 0.6) is 5.75 Å². The summed E-state index contributed by atoms with van der Waals surface area (Å²) in [6.07, 6.45) is 2.37. The predicted molar refractivity (Wildman–Crippen MR) is 100 cm³/mol. The Morgan fingerprint density at radius 3 is 2.92 bits per heavy atom. The maximum absolute atomic E-state index is 12.4. The molecule has 3 heterocycles. The molecule has 0 unspecified atom stereocenters. The summed E-state index contributed by atoms with van der Waals surface area (Å²) in [5.74, 6) is 1.07. The normalized spacial score (nSPS) is 19.4. The van der Waals surface area contributed by atoms with Crippen LogP contribution in [-0.4, -0.2) is 71.6 Å². The lowest BCUT2D eigenvalue weighted by Gasteiger charge is -2.35. The summed E-state index contributed by atoms with van der Waals surface area (Å²) in [6, 6.07) is 1.85. The van der Waals surface area contributed by atoms with E-state index in [9.17, 15) is 4.39 Å². The third kappa shape index (κ3) is 4.37. The van der Waals surface area contributed by atoms with Gasteiger partial charge in [0.2, 0.25) is 0 Å². The van der Waals surface area contributed by atoms with Gasteiger partial charge in [0.25, 0.3) is 0 Å². The summed E-state index contributed by atoms with van der Waals surface area (Å²) in [5, 5.41) is 5.03. The molecule has 0 saturated carbocycles. The fourth-order valence-electron chi connectivity index (χ4n) is 2.92. The van der Waals surface area contributed by atoms with Crippen LogP contribution in [0.25, 0.3) is 0 Å². The van der Waals surface area contributed by atoms with Crippen LogP contribution in [0, 0.1) is 0 Å². The largest absolute Gasteiger partial charge is 0.491 e. The number of nitrogens with one attached hydrogen (secondary N) is 1. The molecule has 0 aliphatic carbocycles. The van der Waals surface area contributed by atoms with E-state index in [1.54, 1.807) is 6.20 Å². The molecule has 2 aliphatic rings. The molecule has 1 saturated heterocycles. The van der Waals surface area contributed by atoms with Crippen molar-refractivity contribution in [1.82, 2.24) is 20.2 Å². The standard InChI is InChI=1S/C16H21ClFN5OS/c17-11-12-1-4-19-14-13(2-10-24-15(12)14)20-21-16(25)23-8-6-22(5-3-18)7-9-23/h1,4H,2-3,5-11H2,(H,21,25)/b20-13-. The zero-order valence-corrected chi connectivity index (χ0v) is 15.5. The fourth-order valence-corrected chi connectivity index (χ4v) is 3.36. The summed E-state index contributed by atoms with van der Waals surface area (Å²) in [4.78, 5) is 8.52. The average molecular weight is 386 g/mol. The number of thiocarbonyl (C=S) groups is 1. The fraction of sp³-hybridized carbons (Fsp3) is 0.562. The van der Waals surface area contributed by atoms with Crippen LogP contribution in [0.15, 0.2) is 17.4 Å². The highest BCUT2D eigenvalue weighted by Crippen LogP contribution is 2.28. The summed E-state index contributed by atoms with van der Waals surface area (Å²) >= 11 is 11.4. The van der Waals surface area contributed by atoms with Gasteiger partial charge in [0.05, 0.1) is 18.2 Å². The highest BCUT2D eigenvalue weighted by atomic mass is 35.5. The molecule has 1 aromatic heterocycles. The first-order valence-electron chi connectivity index (χ1n) is 8.29. The molecule has 9 heteroatoms. The molecule has 0 aromatic carbocycles. The van der Waals surface area contributed by atoms with E-state index in [4.69, 9.17) is 28.6 Å². The van der Waals surface area contributed by atoms with E-state index in [0.717, 1.165) is 37.5 Å². The number of alkyl halides is 2. The Morgan fingerprint density at radius 2 is 2.20 bits per heavy atom. The van der Waals surface area contributed by atoms with E-state index in [0.29, 0.717) is 42.0 Å². The Labute approximate surface area is 157 Å². The van der Waals surface area contributed by atoms with Crippen LogP contribution < -0.4 is 10.2 Å². The Hall–Kier alpha value is -1.51. The lowest BCUT2D eigenvalue weighted by atomic mass is 10.1. The lowest BCUT2D eigenvalue weighted by molar-refractivity contribution is 0.170. The van der Waals surface area contributed by atoms with Gasteiger partial charge < -0.3 is 9.64 Å². The first-order chi connectivity index (χ1) is 12.2. The quantitative estimate of drug-likeness (QED) is 0.484. The maximum Gasteiger partial charge on any atom is 0.189 e. The van der Waals surface area contributed by atoms with Gasteiger partial charge in [-0.25, -0.2) is 4.39 Å². The van der Waals surface area contributed by atoms with Crippen molar-refractivity contribution in [1.29, 1.82) is 0 Å². The van der Waals surface area contributed by atoms with Crippen LogP contribution in [0.1, 0.15) is 17.7 Å². The van der Waals surface area contributed by atoms with Gasteiger partial charge in [-0.05, 0) is 18.3 Å². The Balaban J connectivity index is 1.63. The number of piperazine rings is 1. The van der Waals surface area contributed by atoms with Gasteiger partial charge >= 0.3 is 0 Å². The summed E-state index contributed by atoms with van der Waals surface area (Å²) in [7, 11) is 0. The number of hydrazone groups is 1. The summed E-state index contributed by atoms with van der Waals surface area (Å²) < 4.78 is 18.1. The van der Waals surface area contributed by atoms with Crippen molar-refractivity contribution in [2.24, 2.45) is 5.10 Å². The number of ether oxygens (including phenoxy) is 1. The van der Waals surface area contributed by atoms with Gasteiger partial charge in [0, 0.05) is 50.9 Å². The van der Waals surface area contributed by atoms with E-state index in [-0.39, 0.29) is 6.67 Å². The molecule has 6 nitrogen and oxygen atoms in total. The van der Waals surface area contributed by atoms with Gasteiger partial charge in [-0.2, -0.15) is 5.10 Å². The van der Waals surface area contributed by atoms with E-state index >= 15 is 0 Å². The number of fused-ring (bicyclic) bond motifs is 1. The summed E-state index contributed by atoms with van der Waals surface area (Å²) in [6.45, 7) is 3.86. The van der Waals surface area contributed by atoms with Crippen molar-refractivity contribution in [2.45, 2.75) is 12.3 Å². The van der Waals surface area contributed by atoms with Gasteiger partial charge in [-0.1, -0.05) is 0 Å². The summed E-state index contributed by atoms with van der Waals surface area (Å²) in [5.41, 5.74) is 5.41. The highest BCUT2D eigenvalue weighted by Gasteiger charge is 2.22. The third-order valence-corrected chi connectivity index (χ3v) is 4.97. The van der Waals surface area contributed by atoms with E-state index in [1.807, 2.05) is 6.07 Å². The van der Waals surface area contributed by atoms with Crippen molar-refractivity contribution in [3.05, 3.63) is 23.5 Å². The topological polar surface area (TPSA) is 53.0 Å². The van der Waals surface area contributed by atoms with E-state index in [2.05, 4.69) is 25.3 Å². The number of halogens is 2. The number of hydrogen-bond acceptors (Lipinski definition) is 5. The second-order valence-corrected chi connectivity index (χ2v) is 6.53.